The lowest BCUT2D eigenvalue weighted by Crippen LogP contribution is -2.39. The van der Waals surface area contributed by atoms with Crippen LogP contribution in [0, 0.1) is 5.92 Å². The van der Waals surface area contributed by atoms with Crippen molar-refractivity contribution >= 4 is 22.8 Å². The molecule has 1 aromatic carbocycles. The monoisotopic (exact) mass is 447 g/mol. The van der Waals surface area contributed by atoms with Crippen LogP contribution in [0.15, 0.2) is 41.3 Å². The molecule has 3 aromatic rings. The van der Waals surface area contributed by atoms with Gasteiger partial charge in [0.05, 0.1) is 16.6 Å². The predicted molar refractivity (Wildman–Crippen MR) is 114 cm³/mol. The quantitative estimate of drug-likeness (QED) is 0.600. The molecule has 32 heavy (non-hydrogen) atoms. The molecule has 0 saturated heterocycles. The summed E-state index contributed by atoms with van der Waals surface area (Å²) in [5.41, 5.74) is 5.97. The Morgan fingerprint density at radius 1 is 1.22 bits per heavy atom. The molecule has 1 aliphatic carbocycles. The highest BCUT2D eigenvalue weighted by molar-refractivity contribution is 5.99. The van der Waals surface area contributed by atoms with Gasteiger partial charge in [0.15, 0.2) is 5.65 Å². The first-order chi connectivity index (χ1) is 15.1. The van der Waals surface area contributed by atoms with Gasteiger partial charge < -0.3 is 11.1 Å². The number of amides is 1. The third-order valence-electron chi connectivity index (χ3n) is 6.15. The van der Waals surface area contributed by atoms with Crippen LogP contribution in [0.25, 0.3) is 11.2 Å². The summed E-state index contributed by atoms with van der Waals surface area (Å²) in [6.45, 7) is 0.536. The summed E-state index contributed by atoms with van der Waals surface area (Å²) in [6, 6.07) is 6.24. The highest BCUT2D eigenvalue weighted by Crippen LogP contribution is 2.32. The van der Waals surface area contributed by atoms with E-state index >= 15 is 0 Å². The van der Waals surface area contributed by atoms with E-state index in [-0.39, 0.29) is 28.9 Å². The van der Waals surface area contributed by atoms with Crippen LogP contribution in [0.4, 0.5) is 18.9 Å². The molecule has 4 rings (SSSR count). The Morgan fingerprint density at radius 2 is 1.94 bits per heavy atom. The minimum absolute atomic E-state index is 0.00650. The first kappa shape index (κ1) is 21.9. The van der Waals surface area contributed by atoms with Crippen molar-refractivity contribution < 1.29 is 18.0 Å². The fraction of sp³-hybridized carbons (Fsp3) is 0.409. The van der Waals surface area contributed by atoms with Gasteiger partial charge in [-0.15, -0.1) is 0 Å². The lowest BCUT2D eigenvalue weighted by molar-refractivity contribution is -0.137. The number of nitrogens with zero attached hydrogens (tertiary/aromatic N) is 3. The van der Waals surface area contributed by atoms with E-state index in [9.17, 15) is 22.8 Å². The minimum atomic E-state index is -4.55. The minimum Gasteiger partial charge on any atom is -0.398 e. The largest absolute Gasteiger partial charge is 0.416 e. The van der Waals surface area contributed by atoms with Crippen molar-refractivity contribution in [3.05, 3.63) is 58.1 Å². The Bertz CT molecular complexity index is 1210. The Labute approximate surface area is 182 Å². The highest BCUT2D eigenvalue weighted by Gasteiger charge is 2.32. The first-order valence-electron chi connectivity index (χ1n) is 10.4. The van der Waals surface area contributed by atoms with Gasteiger partial charge in [0.2, 0.25) is 0 Å². The van der Waals surface area contributed by atoms with Crippen molar-refractivity contribution in [2.45, 2.75) is 44.4 Å². The number of anilines is 1. The van der Waals surface area contributed by atoms with Crippen LogP contribution in [-0.2, 0) is 19.8 Å². The van der Waals surface area contributed by atoms with E-state index in [0.717, 1.165) is 36.6 Å². The Balaban J connectivity index is 1.40. The zero-order chi connectivity index (χ0) is 23.0. The summed E-state index contributed by atoms with van der Waals surface area (Å²) in [7, 11) is 1.72. The van der Waals surface area contributed by atoms with E-state index in [1.807, 2.05) is 6.07 Å². The molecule has 2 aromatic heterocycles. The predicted octanol–water partition coefficient (Wildman–Crippen LogP) is 3.32. The zero-order valence-corrected chi connectivity index (χ0v) is 17.5. The summed E-state index contributed by atoms with van der Waals surface area (Å²) >= 11 is 0. The molecule has 0 unspecified atom stereocenters. The third kappa shape index (κ3) is 4.21. The summed E-state index contributed by atoms with van der Waals surface area (Å²) in [5, 5.41) is 2.81. The number of carbonyl (C=O) groups is 1. The molecule has 3 N–H and O–H groups in total. The van der Waals surface area contributed by atoms with Crippen LogP contribution in [0.5, 0.6) is 0 Å². The van der Waals surface area contributed by atoms with Crippen LogP contribution >= 0.6 is 0 Å². The Morgan fingerprint density at radius 3 is 2.62 bits per heavy atom. The van der Waals surface area contributed by atoms with Crippen molar-refractivity contribution in [3.8, 4) is 0 Å². The Hall–Kier alpha value is -3.30. The van der Waals surface area contributed by atoms with E-state index in [1.54, 1.807) is 28.4 Å². The second-order valence-corrected chi connectivity index (χ2v) is 8.29. The highest BCUT2D eigenvalue weighted by atomic mass is 19.4. The number of benzene rings is 1. The number of imidazole rings is 1. The van der Waals surface area contributed by atoms with Gasteiger partial charge in [-0.3, -0.25) is 13.9 Å². The number of rotatable bonds is 4. The molecule has 0 atom stereocenters. The van der Waals surface area contributed by atoms with Crippen LogP contribution in [0.3, 0.4) is 0 Å². The molecule has 1 aliphatic rings. The smallest absolute Gasteiger partial charge is 0.398 e. The van der Waals surface area contributed by atoms with Crippen molar-refractivity contribution in [1.82, 2.24) is 19.4 Å². The molecule has 2 heterocycles. The van der Waals surface area contributed by atoms with E-state index in [2.05, 4.69) is 10.3 Å². The van der Waals surface area contributed by atoms with Gasteiger partial charge in [-0.2, -0.15) is 13.2 Å². The van der Waals surface area contributed by atoms with Crippen LogP contribution in [0.2, 0.25) is 0 Å². The second kappa shape index (κ2) is 8.33. The standard InChI is InChI=1S/C22H24F3N5O2/c1-29-18-3-2-10-27-19(18)30(21(29)32)12-13-4-7-15(8-5-13)28-20(31)16-11-14(22(23,24)25)6-9-17(16)26/h2-3,6,9-11,13,15H,4-5,7-8,12,26H2,1H3,(H,28,31). The van der Waals surface area contributed by atoms with Crippen molar-refractivity contribution in [1.29, 1.82) is 0 Å². The fourth-order valence-corrected chi connectivity index (χ4v) is 4.34. The molecule has 1 amide bonds. The maximum absolute atomic E-state index is 13.0. The number of hydrogen-bond acceptors (Lipinski definition) is 4. The van der Waals surface area contributed by atoms with Gasteiger partial charge in [-0.1, -0.05) is 0 Å². The number of alkyl halides is 3. The molecule has 170 valence electrons. The third-order valence-corrected chi connectivity index (χ3v) is 6.15. The van der Waals surface area contributed by atoms with Crippen molar-refractivity contribution in [2.24, 2.45) is 13.0 Å². The summed E-state index contributed by atoms with van der Waals surface area (Å²) in [5.74, 6) is -0.362. The number of fused-ring (bicyclic) bond motifs is 1. The van der Waals surface area contributed by atoms with Crippen molar-refractivity contribution in [3.63, 3.8) is 0 Å². The van der Waals surface area contributed by atoms with Gasteiger partial charge >= 0.3 is 11.9 Å². The molecule has 0 aliphatic heterocycles. The molecule has 1 saturated carbocycles. The number of nitrogens with two attached hydrogens (primary N) is 1. The molecule has 0 bridgehead atoms. The number of aromatic nitrogens is 3. The summed E-state index contributed by atoms with van der Waals surface area (Å²) in [4.78, 5) is 29.5. The Kier molecular flexibility index (Phi) is 5.70. The molecule has 10 heteroatoms. The fourth-order valence-electron chi connectivity index (χ4n) is 4.34. The van der Waals surface area contributed by atoms with E-state index < -0.39 is 17.6 Å². The average Bonchev–Trinajstić information content (AvgIpc) is 2.99. The number of nitrogen functional groups attached to an aromatic ring is 1. The van der Waals surface area contributed by atoms with Gasteiger partial charge in [0.25, 0.3) is 5.91 Å². The normalized spacial score (nSPS) is 19.2. The van der Waals surface area contributed by atoms with E-state index in [0.29, 0.717) is 25.0 Å². The number of hydrogen-bond donors (Lipinski definition) is 2. The maximum Gasteiger partial charge on any atom is 0.416 e. The zero-order valence-electron chi connectivity index (χ0n) is 17.5. The molecular formula is C22H24F3N5O2. The maximum atomic E-state index is 13.0. The number of pyridine rings is 1. The summed E-state index contributed by atoms with van der Waals surface area (Å²) < 4.78 is 42.2. The van der Waals surface area contributed by atoms with Gasteiger partial charge in [-0.05, 0) is 61.9 Å². The second-order valence-electron chi connectivity index (χ2n) is 8.29. The van der Waals surface area contributed by atoms with Gasteiger partial charge in [0, 0.05) is 31.5 Å². The lowest BCUT2D eigenvalue weighted by atomic mass is 9.85. The SMILES string of the molecule is Cn1c(=O)n(CC2CCC(NC(=O)c3cc(C(F)(F)F)ccc3N)CC2)c2ncccc21. The van der Waals surface area contributed by atoms with Crippen molar-refractivity contribution in [2.75, 3.05) is 5.73 Å². The summed E-state index contributed by atoms with van der Waals surface area (Å²) in [6.07, 6.45) is 0.00132. The van der Waals surface area contributed by atoms with Crippen LogP contribution < -0.4 is 16.7 Å². The van der Waals surface area contributed by atoms with Crippen LogP contribution in [-0.4, -0.2) is 26.1 Å². The van der Waals surface area contributed by atoms with Crippen LogP contribution in [0.1, 0.15) is 41.6 Å². The first-order valence-corrected chi connectivity index (χ1v) is 10.4. The van der Waals surface area contributed by atoms with Gasteiger partial charge in [-0.25, -0.2) is 9.78 Å². The van der Waals surface area contributed by atoms with Gasteiger partial charge in [0.1, 0.15) is 0 Å². The molecule has 7 nitrogen and oxygen atoms in total. The number of carbonyl (C=O) groups excluding carboxylic acids is 1. The topological polar surface area (TPSA) is 94.9 Å². The van der Waals surface area contributed by atoms with E-state index in [4.69, 9.17) is 5.73 Å². The molecular weight excluding hydrogens is 423 g/mol. The molecule has 0 radical (unpaired) electrons. The van der Waals surface area contributed by atoms with E-state index in [1.165, 1.54) is 0 Å². The number of nitrogens with one attached hydrogen (secondary N) is 1. The number of aryl methyl sites for hydroxylation is 1. The lowest BCUT2D eigenvalue weighted by Gasteiger charge is -2.29. The molecule has 1 fully saturated rings. The average molecular weight is 447 g/mol. The number of halogens is 3. The molecule has 0 spiro atoms.